The predicted molar refractivity (Wildman–Crippen MR) is 104 cm³/mol. The van der Waals surface area contributed by atoms with E-state index in [-0.39, 0.29) is 5.41 Å². The van der Waals surface area contributed by atoms with Crippen molar-refractivity contribution in [1.29, 1.82) is 0 Å². The first kappa shape index (κ1) is 17.2. The van der Waals surface area contributed by atoms with Crippen LogP contribution in [0.1, 0.15) is 12.7 Å². The summed E-state index contributed by atoms with van der Waals surface area (Å²) in [6.07, 6.45) is 7.19. The zero-order valence-corrected chi connectivity index (χ0v) is 16.1. The number of aryl methyl sites for hydroxylation is 1. The average Bonchev–Trinajstić information content (AvgIpc) is 3.41. The van der Waals surface area contributed by atoms with Gasteiger partial charge in [-0.2, -0.15) is 10.1 Å². The van der Waals surface area contributed by atoms with Gasteiger partial charge in [0.05, 0.1) is 24.6 Å². The fraction of sp³-hybridized carbons (Fsp3) is 0.474. The third kappa shape index (κ3) is 3.22. The Bertz CT molecular complexity index is 955. The molecule has 9 heteroatoms. The normalized spacial score (nSPS) is 24.6. The van der Waals surface area contributed by atoms with Crippen molar-refractivity contribution in [3.05, 3.63) is 42.7 Å². The maximum Gasteiger partial charge on any atom is 0.229 e. The zero-order valence-electron chi connectivity index (χ0n) is 16.1. The van der Waals surface area contributed by atoms with Crippen LogP contribution in [0, 0.1) is 11.3 Å². The molecule has 0 saturated carbocycles. The van der Waals surface area contributed by atoms with Crippen molar-refractivity contribution < 1.29 is 4.52 Å². The Morgan fingerprint density at radius 3 is 2.93 bits per heavy atom. The molecule has 2 fully saturated rings. The Labute approximate surface area is 163 Å². The molecule has 146 valence electrons. The summed E-state index contributed by atoms with van der Waals surface area (Å²) >= 11 is 0. The van der Waals surface area contributed by atoms with Gasteiger partial charge >= 0.3 is 0 Å². The molecule has 3 aromatic heterocycles. The smallest absolute Gasteiger partial charge is 0.229 e. The summed E-state index contributed by atoms with van der Waals surface area (Å²) in [5.74, 6) is 3.11. The van der Waals surface area contributed by atoms with Crippen molar-refractivity contribution in [2.24, 2.45) is 18.4 Å². The molecule has 3 aromatic rings. The lowest BCUT2D eigenvalue weighted by Gasteiger charge is -2.25. The standard InChI is InChI=1S/C19H24N8O/c1-19-12-26(11-16-3-6-22-28-16)8-14(19)9-27(13-19)17-4-5-20-18(24-17)23-15-7-21-25(2)10-15/h3-7,10,14H,8-9,11-13H2,1-2H3,(H,20,23,24)/t14-,19+/m0/s1. The number of hydrogen-bond acceptors (Lipinski definition) is 8. The minimum atomic E-state index is 0.252. The average molecular weight is 380 g/mol. The SMILES string of the molecule is Cn1cc(Nc2nccc(N3C[C@@H]4CN(Cc5ccno5)C[C@]4(C)C3)n2)cn1. The van der Waals surface area contributed by atoms with Gasteiger partial charge < -0.3 is 14.7 Å². The molecule has 2 aliphatic rings. The van der Waals surface area contributed by atoms with Crippen molar-refractivity contribution in [2.75, 3.05) is 36.4 Å². The van der Waals surface area contributed by atoms with E-state index in [4.69, 9.17) is 9.51 Å². The molecule has 0 amide bonds. The molecular weight excluding hydrogens is 356 g/mol. The van der Waals surface area contributed by atoms with E-state index in [1.807, 2.05) is 31.6 Å². The molecule has 0 unspecified atom stereocenters. The number of aromatic nitrogens is 5. The third-order valence-corrected chi connectivity index (χ3v) is 5.84. The highest BCUT2D eigenvalue weighted by atomic mass is 16.5. The van der Waals surface area contributed by atoms with E-state index in [2.05, 4.69) is 37.3 Å². The molecule has 28 heavy (non-hydrogen) atoms. The lowest BCUT2D eigenvalue weighted by atomic mass is 9.83. The van der Waals surface area contributed by atoms with E-state index < -0.39 is 0 Å². The number of nitrogens with one attached hydrogen (secondary N) is 1. The van der Waals surface area contributed by atoms with E-state index in [0.29, 0.717) is 11.9 Å². The second kappa shape index (κ2) is 6.59. The molecule has 2 saturated heterocycles. The number of fused-ring (bicyclic) bond motifs is 1. The number of hydrogen-bond donors (Lipinski definition) is 1. The van der Waals surface area contributed by atoms with E-state index in [0.717, 1.165) is 50.0 Å². The zero-order chi connectivity index (χ0) is 19.1. The van der Waals surface area contributed by atoms with Gasteiger partial charge in [0.2, 0.25) is 5.95 Å². The summed E-state index contributed by atoms with van der Waals surface area (Å²) in [5.41, 5.74) is 1.13. The molecule has 1 N–H and O–H groups in total. The first-order valence-corrected chi connectivity index (χ1v) is 9.53. The van der Waals surface area contributed by atoms with Gasteiger partial charge in [-0.15, -0.1) is 0 Å². The van der Waals surface area contributed by atoms with Crippen molar-refractivity contribution in [2.45, 2.75) is 13.5 Å². The monoisotopic (exact) mass is 380 g/mol. The van der Waals surface area contributed by atoms with Gasteiger partial charge in [-0.3, -0.25) is 9.58 Å². The van der Waals surface area contributed by atoms with Crippen molar-refractivity contribution in [1.82, 2.24) is 29.8 Å². The van der Waals surface area contributed by atoms with Crippen LogP contribution < -0.4 is 10.2 Å². The second-order valence-corrected chi connectivity index (χ2v) is 8.15. The Morgan fingerprint density at radius 2 is 2.18 bits per heavy atom. The minimum Gasteiger partial charge on any atom is -0.360 e. The van der Waals surface area contributed by atoms with Crippen molar-refractivity contribution in [3.63, 3.8) is 0 Å². The molecule has 9 nitrogen and oxygen atoms in total. The molecule has 2 atom stereocenters. The van der Waals surface area contributed by atoms with Gasteiger partial charge in [-0.25, -0.2) is 4.98 Å². The molecule has 0 aliphatic carbocycles. The second-order valence-electron chi connectivity index (χ2n) is 8.15. The van der Waals surface area contributed by atoms with Crippen LogP contribution in [-0.4, -0.2) is 56.0 Å². The summed E-state index contributed by atoms with van der Waals surface area (Å²) in [7, 11) is 1.89. The topological polar surface area (TPSA) is 88.1 Å². The Hall–Kier alpha value is -2.94. The van der Waals surface area contributed by atoms with Gasteiger partial charge in [0, 0.05) is 57.1 Å². The summed E-state index contributed by atoms with van der Waals surface area (Å²) < 4.78 is 7.02. The third-order valence-electron chi connectivity index (χ3n) is 5.84. The van der Waals surface area contributed by atoms with Crippen LogP contribution in [0.15, 0.2) is 41.4 Å². The van der Waals surface area contributed by atoms with Crippen LogP contribution >= 0.6 is 0 Å². The highest BCUT2D eigenvalue weighted by Crippen LogP contribution is 2.43. The van der Waals surface area contributed by atoms with E-state index in [1.54, 1.807) is 17.1 Å². The van der Waals surface area contributed by atoms with Crippen LogP contribution in [0.25, 0.3) is 0 Å². The molecule has 0 radical (unpaired) electrons. The largest absolute Gasteiger partial charge is 0.360 e. The van der Waals surface area contributed by atoms with Crippen LogP contribution in [0.3, 0.4) is 0 Å². The number of likely N-dealkylation sites (tertiary alicyclic amines) is 1. The van der Waals surface area contributed by atoms with Crippen LogP contribution in [0.4, 0.5) is 17.5 Å². The summed E-state index contributed by atoms with van der Waals surface area (Å²) in [5, 5.41) is 11.2. The first-order chi connectivity index (χ1) is 13.6. The highest BCUT2D eigenvalue weighted by molar-refractivity contribution is 5.53. The first-order valence-electron chi connectivity index (χ1n) is 9.53. The van der Waals surface area contributed by atoms with Gasteiger partial charge in [-0.05, 0) is 12.0 Å². The maximum absolute atomic E-state index is 5.27. The maximum atomic E-state index is 5.27. The summed E-state index contributed by atoms with van der Waals surface area (Å²) in [6, 6.07) is 3.94. The lowest BCUT2D eigenvalue weighted by molar-refractivity contribution is 0.244. The molecule has 0 aromatic carbocycles. The number of nitrogens with zero attached hydrogens (tertiary/aromatic N) is 7. The van der Waals surface area contributed by atoms with Crippen LogP contribution in [-0.2, 0) is 13.6 Å². The van der Waals surface area contributed by atoms with Crippen molar-refractivity contribution >= 4 is 17.5 Å². The van der Waals surface area contributed by atoms with E-state index >= 15 is 0 Å². The molecule has 2 aliphatic heterocycles. The highest BCUT2D eigenvalue weighted by Gasteiger charge is 2.49. The van der Waals surface area contributed by atoms with Crippen molar-refractivity contribution in [3.8, 4) is 0 Å². The van der Waals surface area contributed by atoms with Gasteiger partial charge in [-0.1, -0.05) is 12.1 Å². The molecule has 5 heterocycles. The Balaban J connectivity index is 1.26. The molecule has 0 bridgehead atoms. The quantitative estimate of drug-likeness (QED) is 0.718. The predicted octanol–water partition coefficient (Wildman–Crippen LogP) is 1.90. The minimum absolute atomic E-state index is 0.252. The van der Waals surface area contributed by atoms with Gasteiger partial charge in [0.25, 0.3) is 0 Å². The lowest BCUT2D eigenvalue weighted by Crippen LogP contribution is -2.32. The van der Waals surface area contributed by atoms with E-state index in [1.165, 1.54) is 0 Å². The Kier molecular flexibility index (Phi) is 4.04. The number of anilines is 3. The Morgan fingerprint density at radius 1 is 1.25 bits per heavy atom. The summed E-state index contributed by atoms with van der Waals surface area (Å²) in [6.45, 7) is 7.34. The van der Waals surface area contributed by atoms with Crippen LogP contribution in [0.2, 0.25) is 0 Å². The molecule has 5 rings (SSSR count). The van der Waals surface area contributed by atoms with Gasteiger partial charge in [0.1, 0.15) is 5.82 Å². The number of rotatable bonds is 5. The summed E-state index contributed by atoms with van der Waals surface area (Å²) in [4.78, 5) is 13.9. The fourth-order valence-electron chi connectivity index (χ4n) is 4.50. The van der Waals surface area contributed by atoms with Gasteiger partial charge in [0.15, 0.2) is 5.76 Å². The van der Waals surface area contributed by atoms with E-state index in [9.17, 15) is 0 Å². The van der Waals surface area contributed by atoms with Crippen LogP contribution in [0.5, 0.6) is 0 Å². The molecule has 0 spiro atoms. The fourth-order valence-corrected chi connectivity index (χ4v) is 4.50. The molecular formula is C19H24N8O.